The molecule has 5 heteroatoms. The van der Waals surface area contributed by atoms with Gasteiger partial charge in [-0.2, -0.15) is 10.5 Å². The molecular weight excluding hydrogens is 238 g/mol. The maximum absolute atomic E-state index is 9.17. The molecule has 5 nitrogen and oxygen atoms in total. The van der Waals surface area contributed by atoms with Crippen molar-refractivity contribution in [2.24, 2.45) is 0 Å². The lowest BCUT2D eigenvalue weighted by Crippen LogP contribution is -2.14. The lowest BCUT2D eigenvalue weighted by atomic mass is 10.1. The van der Waals surface area contributed by atoms with Crippen molar-refractivity contribution in [3.05, 3.63) is 47.5 Å². The number of benzene rings is 1. The summed E-state index contributed by atoms with van der Waals surface area (Å²) >= 11 is 0. The molecule has 1 aromatic carbocycles. The van der Waals surface area contributed by atoms with E-state index in [0.717, 1.165) is 17.8 Å². The molecule has 0 aliphatic heterocycles. The van der Waals surface area contributed by atoms with E-state index in [1.165, 1.54) is 6.33 Å². The second-order valence-corrected chi connectivity index (χ2v) is 3.94. The van der Waals surface area contributed by atoms with Crippen LogP contribution >= 0.6 is 0 Å². The number of imidazole rings is 1. The molecule has 0 saturated carbocycles. The Morgan fingerprint density at radius 1 is 1.26 bits per heavy atom. The van der Waals surface area contributed by atoms with Gasteiger partial charge in [-0.1, -0.05) is 25.1 Å². The van der Waals surface area contributed by atoms with Crippen molar-refractivity contribution in [2.45, 2.75) is 13.5 Å². The summed E-state index contributed by atoms with van der Waals surface area (Å²) in [7, 11) is 0. The van der Waals surface area contributed by atoms with Crippen molar-refractivity contribution in [1.82, 2.24) is 14.9 Å². The van der Waals surface area contributed by atoms with Crippen molar-refractivity contribution in [2.75, 3.05) is 6.54 Å². The van der Waals surface area contributed by atoms with Gasteiger partial charge in [0.15, 0.2) is 11.4 Å². The molecule has 0 bridgehead atoms. The van der Waals surface area contributed by atoms with Gasteiger partial charge in [-0.15, -0.1) is 0 Å². The fourth-order valence-electron chi connectivity index (χ4n) is 1.87. The van der Waals surface area contributed by atoms with Crippen LogP contribution in [0.3, 0.4) is 0 Å². The van der Waals surface area contributed by atoms with E-state index in [1.54, 1.807) is 4.57 Å². The number of nitriles is 2. The fraction of sp³-hybridized carbons (Fsp3) is 0.214. The first-order chi connectivity index (χ1) is 9.31. The molecule has 0 unspecified atom stereocenters. The summed E-state index contributed by atoms with van der Waals surface area (Å²) in [6.07, 6.45) is 1.52. The summed E-state index contributed by atoms with van der Waals surface area (Å²) in [5, 5.41) is 21.4. The van der Waals surface area contributed by atoms with Gasteiger partial charge in [0.05, 0.1) is 5.69 Å². The second kappa shape index (κ2) is 5.81. The van der Waals surface area contributed by atoms with Gasteiger partial charge in [0, 0.05) is 6.54 Å². The third kappa shape index (κ3) is 2.47. The van der Waals surface area contributed by atoms with E-state index in [4.69, 9.17) is 10.5 Å². The highest BCUT2D eigenvalue weighted by Crippen LogP contribution is 2.18. The number of rotatable bonds is 4. The van der Waals surface area contributed by atoms with Crippen LogP contribution in [-0.4, -0.2) is 16.1 Å². The zero-order chi connectivity index (χ0) is 13.7. The van der Waals surface area contributed by atoms with Crippen LogP contribution in [0.5, 0.6) is 0 Å². The van der Waals surface area contributed by atoms with E-state index >= 15 is 0 Å². The highest BCUT2D eigenvalue weighted by Gasteiger charge is 2.13. The standard InChI is InChI=1S/C14H13N5/c1-2-17-9-11-5-3-4-6-13(11)19-10-18-12(7-15)14(19)8-16/h3-6,10,17H,2,9H2,1H3. The maximum atomic E-state index is 9.17. The molecule has 0 saturated heterocycles. The zero-order valence-electron chi connectivity index (χ0n) is 10.6. The predicted octanol–water partition coefficient (Wildman–Crippen LogP) is 1.73. The monoisotopic (exact) mass is 251 g/mol. The minimum Gasteiger partial charge on any atom is -0.313 e. The first kappa shape index (κ1) is 12.8. The molecule has 2 aromatic rings. The molecule has 0 radical (unpaired) electrons. The molecule has 0 atom stereocenters. The largest absolute Gasteiger partial charge is 0.313 e. The van der Waals surface area contributed by atoms with E-state index in [-0.39, 0.29) is 11.4 Å². The molecule has 0 spiro atoms. The van der Waals surface area contributed by atoms with Gasteiger partial charge in [-0.05, 0) is 18.2 Å². The Morgan fingerprint density at radius 2 is 2.05 bits per heavy atom. The van der Waals surface area contributed by atoms with Gasteiger partial charge >= 0.3 is 0 Å². The Balaban J connectivity index is 2.51. The summed E-state index contributed by atoms with van der Waals surface area (Å²) in [6, 6.07) is 11.7. The van der Waals surface area contributed by atoms with E-state index in [0.29, 0.717) is 6.54 Å². The zero-order valence-corrected chi connectivity index (χ0v) is 10.6. The summed E-state index contributed by atoms with van der Waals surface area (Å²) in [5.41, 5.74) is 2.35. The average molecular weight is 251 g/mol. The van der Waals surface area contributed by atoms with Gasteiger partial charge in [0.2, 0.25) is 0 Å². The molecule has 1 aromatic heterocycles. The van der Waals surface area contributed by atoms with Gasteiger partial charge in [-0.3, -0.25) is 4.57 Å². The molecule has 1 N–H and O–H groups in total. The molecule has 94 valence electrons. The first-order valence-corrected chi connectivity index (χ1v) is 5.98. The Bertz CT molecular complexity index is 657. The summed E-state index contributed by atoms with van der Waals surface area (Å²) in [6.45, 7) is 3.61. The Hall–Kier alpha value is -2.63. The molecule has 0 aliphatic rings. The van der Waals surface area contributed by atoms with E-state index in [9.17, 15) is 0 Å². The molecule has 1 heterocycles. The van der Waals surface area contributed by atoms with Crippen LogP contribution in [0, 0.1) is 22.7 Å². The van der Waals surface area contributed by atoms with Gasteiger partial charge in [-0.25, -0.2) is 4.98 Å². The lowest BCUT2D eigenvalue weighted by Gasteiger charge is -2.11. The smallest absolute Gasteiger partial charge is 0.177 e. The Morgan fingerprint density at radius 3 is 2.74 bits per heavy atom. The molecule has 0 amide bonds. The van der Waals surface area contributed by atoms with Crippen LogP contribution in [0.15, 0.2) is 30.6 Å². The van der Waals surface area contributed by atoms with E-state index < -0.39 is 0 Å². The second-order valence-electron chi connectivity index (χ2n) is 3.94. The first-order valence-electron chi connectivity index (χ1n) is 5.98. The van der Waals surface area contributed by atoms with Crippen molar-refractivity contribution >= 4 is 0 Å². The van der Waals surface area contributed by atoms with Crippen molar-refractivity contribution < 1.29 is 0 Å². The number of aromatic nitrogens is 2. The summed E-state index contributed by atoms with van der Waals surface area (Å²) in [5.74, 6) is 0. The van der Waals surface area contributed by atoms with E-state index in [2.05, 4.69) is 10.3 Å². The Labute approximate surface area is 111 Å². The normalized spacial score (nSPS) is 9.84. The van der Waals surface area contributed by atoms with Crippen LogP contribution in [0.2, 0.25) is 0 Å². The number of hydrogen-bond donors (Lipinski definition) is 1. The molecule has 2 rings (SSSR count). The fourth-order valence-corrected chi connectivity index (χ4v) is 1.87. The van der Waals surface area contributed by atoms with Crippen molar-refractivity contribution in [1.29, 1.82) is 10.5 Å². The number of nitrogens with one attached hydrogen (secondary N) is 1. The SMILES string of the molecule is CCNCc1ccccc1-n1cnc(C#N)c1C#N. The van der Waals surface area contributed by atoms with Crippen LogP contribution in [0.1, 0.15) is 23.9 Å². The number of nitrogens with zero attached hydrogens (tertiary/aromatic N) is 4. The quantitative estimate of drug-likeness (QED) is 0.897. The highest BCUT2D eigenvalue weighted by atomic mass is 15.1. The molecule has 0 fully saturated rings. The average Bonchev–Trinajstić information content (AvgIpc) is 2.88. The number of hydrogen-bond acceptors (Lipinski definition) is 4. The lowest BCUT2D eigenvalue weighted by molar-refractivity contribution is 0.722. The van der Waals surface area contributed by atoms with Crippen molar-refractivity contribution in [3.63, 3.8) is 0 Å². The minimum atomic E-state index is 0.153. The summed E-state index contributed by atoms with van der Waals surface area (Å²) < 4.78 is 1.66. The topological polar surface area (TPSA) is 77.4 Å². The Kier molecular flexibility index (Phi) is 3.92. The van der Waals surface area contributed by atoms with Gasteiger partial charge in [0.1, 0.15) is 18.5 Å². The minimum absolute atomic E-state index is 0.153. The molecule has 19 heavy (non-hydrogen) atoms. The van der Waals surface area contributed by atoms with Gasteiger partial charge < -0.3 is 5.32 Å². The number of para-hydroxylation sites is 1. The highest BCUT2D eigenvalue weighted by molar-refractivity contribution is 5.48. The van der Waals surface area contributed by atoms with Gasteiger partial charge in [0.25, 0.3) is 0 Å². The van der Waals surface area contributed by atoms with Crippen LogP contribution in [0.25, 0.3) is 5.69 Å². The maximum Gasteiger partial charge on any atom is 0.177 e. The van der Waals surface area contributed by atoms with Crippen LogP contribution in [-0.2, 0) is 6.54 Å². The summed E-state index contributed by atoms with van der Waals surface area (Å²) in [4.78, 5) is 3.96. The molecule has 0 aliphatic carbocycles. The third-order valence-electron chi connectivity index (χ3n) is 2.80. The predicted molar refractivity (Wildman–Crippen MR) is 70.4 cm³/mol. The molecular formula is C14H13N5. The van der Waals surface area contributed by atoms with Crippen LogP contribution < -0.4 is 5.32 Å². The van der Waals surface area contributed by atoms with Crippen LogP contribution in [0.4, 0.5) is 0 Å². The third-order valence-corrected chi connectivity index (χ3v) is 2.80. The van der Waals surface area contributed by atoms with E-state index in [1.807, 2.05) is 43.3 Å². The van der Waals surface area contributed by atoms with Crippen molar-refractivity contribution in [3.8, 4) is 17.8 Å².